The maximum Gasteiger partial charge on any atom is 0.392 e. The number of alkyl halides is 3. The molecule has 0 saturated heterocycles. The van der Waals surface area contributed by atoms with Crippen LogP contribution in [0, 0.1) is 26.7 Å². The summed E-state index contributed by atoms with van der Waals surface area (Å²) in [5, 5.41) is 0. The van der Waals surface area contributed by atoms with Gasteiger partial charge in [0, 0.05) is 11.5 Å². The summed E-state index contributed by atoms with van der Waals surface area (Å²) < 4.78 is 49.8. The smallest absolute Gasteiger partial charge is 0.392 e. The number of rotatable bonds is 8. The first-order valence-electron chi connectivity index (χ1n) is 10.5. The van der Waals surface area contributed by atoms with Gasteiger partial charge in [-0.1, -0.05) is 42.8 Å². The number of halogens is 3. The lowest BCUT2D eigenvalue weighted by Crippen LogP contribution is -2.38. The minimum atomic E-state index is -4.62. The van der Waals surface area contributed by atoms with E-state index in [-0.39, 0.29) is 11.1 Å². The van der Waals surface area contributed by atoms with Crippen LogP contribution < -0.4 is 0 Å². The number of esters is 2. The van der Waals surface area contributed by atoms with Crippen molar-refractivity contribution in [3.63, 3.8) is 0 Å². The van der Waals surface area contributed by atoms with Crippen LogP contribution >= 0.6 is 0 Å². The predicted molar refractivity (Wildman–Crippen MR) is 116 cm³/mol. The molecule has 8 heteroatoms. The van der Waals surface area contributed by atoms with E-state index >= 15 is 0 Å². The Balaban J connectivity index is 2.17. The highest BCUT2D eigenvalue weighted by molar-refractivity contribution is 6.41. The highest BCUT2D eigenvalue weighted by Gasteiger charge is 2.39. The van der Waals surface area contributed by atoms with Crippen molar-refractivity contribution in [1.29, 1.82) is 0 Å². The van der Waals surface area contributed by atoms with Gasteiger partial charge < -0.3 is 9.47 Å². The van der Waals surface area contributed by atoms with Crippen molar-refractivity contribution in [2.45, 2.75) is 59.4 Å². The Labute approximate surface area is 190 Å². The van der Waals surface area contributed by atoms with E-state index in [1.165, 1.54) is 26.0 Å². The molecule has 0 amide bonds. The van der Waals surface area contributed by atoms with Crippen molar-refractivity contribution in [2.24, 2.45) is 5.92 Å². The molecule has 33 heavy (non-hydrogen) atoms. The number of hydrogen-bond donors (Lipinski definition) is 0. The molecule has 0 aliphatic rings. The number of carbonyl (C=O) groups excluding carboxylic acids is 3. The fourth-order valence-electron chi connectivity index (χ4n) is 3.61. The van der Waals surface area contributed by atoms with Gasteiger partial charge >= 0.3 is 18.1 Å². The fraction of sp³-hybridized carbons (Fsp3) is 0.400. The molecule has 0 spiro atoms. The number of Topliss-reactive ketones (excluding diaryl/α,β-unsaturated/α-hetero) is 1. The Hall–Kier alpha value is -3.16. The van der Waals surface area contributed by atoms with E-state index < -0.39 is 48.4 Å². The van der Waals surface area contributed by atoms with Crippen LogP contribution in [0.2, 0.25) is 0 Å². The zero-order valence-electron chi connectivity index (χ0n) is 19.2. The Kier molecular flexibility index (Phi) is 8.41. The van der Waals surface area contributed by atoms with Crippen molar-refractivity contribution < 1.29 is 37.0 Å². The molecule has 0 heterocycles. The summed E-state index contributed by atoms with van der Waals surface area (Å²) in [5.74, 6) is -4.00. The van der Waals surface area contributed by atoms with Crippen LogP contribution in [0.5, 0.6) is 0 Å². The van der Waals surface area contributed by atoms with Crippen molar-refractivity contribution in [2.75, 3.05) is 0 Å². The monoisotopic (exact) mass is 464 g/mol. The molecule has 0 aliphatic heterocycles. The summed E-state index contributed by atoms with van der Waals surface area (Å²) in [4.78, 5) is 37.5. The van der Waals surface area contributed by atoms with Gasteiger partial charge in [0.25, 0.3) is 5.78 Å². The van der Waals surface area contributed by atoms with Gasteiger partial charge in [0.05, 0.1) is 12.0 Å². The third kappa shape index (κ3) is 7.17. The summed E-state index contributed by atoms with van der Waals surface area (Å²) in [5.41, 5.74) is 2.42. The average molecular weight is 464 g/mol. The molecule has 2 rings (SSSR count). The molecule has 2 aromatic carbocycles. The molecular weight excluding hydrogens is 437 g/mol. The molecule has 178 valence electrons. The number of ether oxygens (including phenoxy) is 2. The Morgan fingerprint density at radius 1 is 0.909 bits per heavy atom. The van der Waals surface area contributed by atoms with Gasteiger partial charge in [0.1, 0.15) is 12.2 Å². The molecule has 0 bridgehead atoms. The molecule has 0 fully saturated rings. The number of ketones is 1. The minimum Gasteiger partial charge on any atom is -0.458 e. The summed E-state index contributed by atoms with van der Waals surface area (Å²) in [7, 11) is 0. The number of benzene rings is 2. The molecule has 0 aromatic heterocycles. The Morgan fingerprint density at radius 2 is 1.45 bits per heavy atom. The summed E-state index contributed by atoms with van der Waals surface area (Å²) >= 11 is 0. The summed E-state index contributed by atoms with van der Waals surface area (Å²) in [6.07, 6.45) is -8.77. The lowest BCUT2D eigenvalue weighted by molar-refractivity contribution is -0.167. The van der Waals surface area contributed by atoms with E-state index in [1.54, 1.807) is 44.2 Å². The van der Waals surface area contributed by atoms with Crippen LogP contribution in [-0.2, 0) is 14.3 Å². The van der Waals surface area contributed by atoms with Gasteiger partial charge in [-0.15, -0.1) is 0 Å². The second kappa shape index (κ2) is 10.6. The minimum absolute atomic E-state index is 0.0991. The van der Waals surface area contributed by atoms with Crippen molar-refractivity contribution in [3.8, 4) is 0 Å². The molecule has 0 aliphatic carbocycles. The van der Waals surface area contributed by atoms with E-state index in [2.05, 4.69) is 0 Å². The first-order chi connectivity index (χ1) is 15.3. The first kappa shape index (κ1) is 26.1. The first-order valence-corrected chi connectivity index (χ1v) is 10.5. The quantitative estimate of drug-likeness (QED) is 0.291. The summed E-state index contributed by atoms with van der Waals surface area (Å²) in [6, 6.07) is 11.1. The highest BCUT2D eigenvalue weighted by Crippen LogP contribution is 2.30. The zero-order valence-corrected chi connectivity index (χ0v) is 19.2. The Morgan fingerprint density at radius 3 is 1.97 bits per heavy atom. The maximum absolute atomic E-state index is 13.2. The van der Waals surface area contributed by atoms with E-state index in [0.29, 0.717) is 11.1 Å². The maximum atomic E-state index is 13.2. The third-order valence-electron chi connectivity index (χ3n) is 5.41. The van der Waals surface area contributed by atoms with E-state index in [0.717, 1.165) is 5.56 Å². The molecule has 0 saturated carbocycles. The van der Waals surface area contributed by atoms with E-state index in [9.17, 15) is 27.6 Å². The number of aryl methyl sites for hydroxylation is 3. The molecule has 5 nitrogen and oxygen atoms in total. The average Bonchev–Trinajstić information content (AvgIpc) is 2.71. The molecule has 3 unspecified atom stereocenters. The lowest BCUT2D eigenvalue weighted by Gasteiger charge is -2.29. The predicted octanol–water partition coefficient (Wildman–Crippen LogP) is 5.54. The van der Waals surface area contributed by atoms with Gasteiger partial charge in [0.15, 0.2) is 0 Å². The second-order valence-corrected chi connectivity index (χ2v) is 8.20. The highest BCUT2D eigenvalue weighted by atomic mass is 19.4. The van der Waals surface area contributed by atoms with Gasteiger partial charge in [0.2, 0.25) is 0 Å². The zero-order chi connectivity index (χ0) is 24.9. The van der Waals surface area contributed by atoms with Gasteiger partial charge in [-0.05, 0) is 51.0 Å². The van der Waals surface area contributed by atoms with Crippen LogP contribution in [0.4, 0.5) is 13.2 Å². The van der Waals surface area contributed by atoms with Crippen LogP contribution in [0.25, 0.3) is 0 Å². The molecule has 0 N–H and O–H groups in total. The Bertz CT molecular complexity index is 991. The van der Waals surface area contributed by atoms with E-state index in [4.69, 9.17) is 9.47 Å². The second-order valence-electron chi connectivity index (χ2n) is 8.20. The van der Waals surface area contributed by atoms with Crippen molar-refractivity contribution >= 4 is 17.7 Å². The fourth-order valence-corrected chi connectivity index (χ4v) is 3.61. The van der Waals surface area contributed by atoms with Gasteiger partial charge in [-0.2, -0.15) is 13.2 Å². The molecule has 0 radical (unpaired) electrons. The summed E-state index contributed by atoms with van der Waals surface area (Å²) in [6.45, 7) is 7.97. The van der Waals surface area contributed by atoms with Crippen molar-refractivity contribution in [3.05, 3.63) is 70.3 Å². The molecular formula is C25H27F3O5. The molecule has 2 aromatic rings. The standard InChI is InChI=1S/C25H27F3O5/c1-14-11-15(2)21(16(3)12-14)22(29)24(31)32-18(5)17(4)20(13-25(26,27)28)33-23(30)19-9-7-6-8-10-19/h6-12,17-18,20H,13H2,1-5H3. The third-order valence-corrected chi connectivity index (χ3v) is 5.41. The lowest BCUT2D eigenvalue weighted by atomic mass is 9.95. The number of carbonyl (C=O) groups is 3. The van der Waals surface area contributed by atoms with Crippen LogP contribution in [0.1, 0.15) is 57.7 Å². The van der Waals surface area contributed by atoms with Gasteiger partial charge in [-0.25, -0.2) is 9.59 Å². The number of hydrogen-bond acceptors (Lipinski definition) is 5. The largest absolute Gasteiger partial charge is 0.458 e. The SMILES string of the molecule is Cc1cc(C)c(C(=O)C(=O)OC(C)C(C)C(CC(F)(F)F)OC(=O)c2ccccc2)c(C)c1. The normalized spacial score (nSPS) is 14.2. The van der Waals surface area contributed by atoms with Gasteiger partial charge in [-0.3, -0.25) is 4.79 Å². The topological polar surface area (TPSA) is 69.7 Å². The molecule has 3 atom stereocenters. The van der Waals surface area contributed by atoms with Crippen LogP contribution in [0.3, 0.4) is 0 Å². The van der Waals surface area contributed by atoms with Crippen LogP contribution in [-0.4, -0.2) is 36.1 Å². The van der Waals surface area contributed by atoms with Crippen molar-refractivity contribution in [1.82, 2.24) is 0 Å². The van der Waals surface area contributed by atoms with Crippen LogP contribution in [0.15, 0.2) is 42.5 Å². The van der Waals surface area contributed by atoms with E-state index in [1.807, 2.05) is 6.92 Å².